The van der Waals surface area contributed by atoms with Crippen LogP contribution in [0.15, 0.2) is 24.3 Å². The van der Waals surface area contributed by atoms with Gasteiger partial charge in [0.2, 0.25) is 0 Å². The molecule has 0 aliphatic heterocycles. The third kappa shape index (κ3) is 9.45. The summed E-state index contributed by atoms with van der Waals surface area (Å²) in [5.41, 5.74) is 1.33. The molecule has 0 aliphatic carbocycles. The highest BCUT2D eigenvalue weighted by atomic mass is 16.5. The van der Waals surface area contributed by atoms with Gasteiger partial charge in [-0.1, -0.05) is 26.0 Å². The molecule has 3 N–H and O–H groups in total. The average molecular weight is 297 g/mol. The fraction of sp³-hybridized carbons (Fsp3) is 0.467. The van der Waals surface area contributed by atoms with Crippen LogP contribution in [0.4, 0.5) is 0 Å². The summed E-state index contributed by atoms with van der Waals surface area (Å²) in [7, 11) is 1.96. The minimum atomic E-state index is -1.82. The van der Waals surface area contributed by atoms with Gasteiger partial charge in [0.1, 0.15) is 5.75 Å². The van der Waals surface area contributed by atoms with E-state index in [0.29, 0.717) is 5.92 Å². The Labute approximate surface area is 124 Å². The van der Waals surface area contributed by atoms with Gasteiger partial charge in [-0.15, -0.1) is 0 Å². The van der Waals surface area contributed by atoms with Crippen molar-refractivity contribution in [1.29, 1.82) is 0 Å². The van der Waals surface area contributed by atoms with Crippen LogP contribution < -0.4 is 10.1 Å². The third-order valence-corrected chi connectivity index (χ3v) is 2.55. The van der Waals surface area contributed by atoms with Gasteiger partial charge in [0, 0.05) is 0 Å². The second-order valence-electron chi connectivity index (χ2n) is 4.64. The Morgan fingerprint density at radius 1 is 1.24 bits per heavy atom. The van der Waals surface area contributed by atoms with Crippen molar-refractivity contribution in [3.05, 3.63) is 29.8 Å². The molecule has 1 aromatic rings. The van der Waals surface area contributed by atoms with Gasteiger partial charge in [-0.3, -0.25) is 0 Å². The number of benzene rings is 1. The molecule has 0 radical (unpaired) electrons. The Kier molecular flexibility index (Phi) is 9.62. The molecule has 0 saturated carbocycles. The monoisotopic (exact) mass is 297 g/mol. The van der Waals surface area contributed by atoms with Crippen molar-refractivity contribution in [2.75, 3.05) is 20.2 Å². The molecule has 6 heteroatoms. The standard InChI is InChI=1S/C13H21NO.C2H2O4/c1-11(2)12-6-4-7-13(10-12)15-9-5-8-14-3;3-1(4)2(5)6/h4,6-7,10-11,14H,5,8-9H2,1-3H3;(H,3,4)(H,5,6). The minimum Gasteiger partial charge on any atom is -0.494 e. The van der Waals surface area contributed by atoms with Gasteiger partial charge in [0.25, 0.3) is 0 Å². The third-order valence-electron chi connectivity index (χ3n) is 2.55. The first-order valence-electron chi connectivity index (χ1n) is 6.72. The fourth-order valence-corrected chi connectivity index (χ4v) is 1.40. The van der Waals surface area contributed by atoms with E-state index in [1.165, 1.54) is 5.56 Å². The number of rotatable bonds is 6. The van der Waals surface area contributed by atoms with Crippen molar-refractivity contribution in [2.45, 2.75) is 26.2 Å². The average Bonchev–Trinajstić information content (AvgIpc) is 2.44. The van der Waals surface area contributed by atoms with Crippen LogP contribution in [-0.2, 0) is 9.59 Å². The molecule has 1 rings (SSSR count). The van der Waals surface area contributed by atoms with Crippen LogP contribution in [0.1, 0.15) is 31.7 Å². The maximum atomic E-state index is 9.10. The molecule has 0 atom stereocenters. The number of hydrogen-bond donors (Lipinski definition) is 3. The number of carbonyl (C=O) groups is 2. The number of aliphatic carboxylic acids is 2. The molecule has 0 aromatic heterocycles. The summed E-state index contributed by atoms with van der Waals surface area (Å²) < 4.78 is 5.66. The van der Waals surface area contributed by atoms with Crippen LogP contribution >= 0.6 is 0 Å². The van der Waals surface area contributed by atoms with Crippen LogP contribution in [0.25, 0.3) is 0 Å². The van der Waals surface area contributed by atoms with Crippen molar-refractivity contribution < 1.29 is 24.5 Å². The van der Waals surface area contributed by atoms with E-state index in [1.807, 2.05) is 13.1 Å². The van der Waals surface area contributed by atoms with Crippen LogP contribution in [0.3, 0.4) is 0 Å². The van der Waals surface area contributed by atoms with Crippen LogP contribution in [0.5, 0.6) is 5.75 Å². The summed E-state index contributed by atoms with van der Waals surface area (Å²) >= 11 is 0. The zero-order chi connectivity index (χ0) is 16.3. The van der Waals surface area contributed by atoms with E-state index in [2.05, 4.69) is 37.4 Å². The fourth-order valence-electron chi connectivity index (χ4n) is 1.40. The molecule has 0 bridgehead atoms. The molecule has 0 saturated heterocycles. The molecule has 0 spiro atoms. The van der Waals surface area contributed by atoms with E-state index in [0.717, 1.165) is 25.3 Å². The Morgan fingerprint density at radius 3 is 2.33 bits per heavy atom. The van der Waals surface area contributed by atoms with E-state index in [4.69, 9.17) is 24.5 Å². The van der Waals surface area contributed by atoms with Gasteiger partial charge in [-0.2, -0.15) is 0 Å². The van der Waals surface area contributed by atoms with Gasteiger partial charge in [-0.25, -0.2) is 9.59 Å². The van der Waals surface area contributed by atoms with Gasteiger partial charge in [0.05, 0.1) is 6.61 Å². The summed E-state index contributed by atoms with van der Waals surface area (Å²) in [4.78, 5) is 18.2. The Bertz CT molecular complexity index is 433. The van der Waals surface area contributed by atoms with Gasteiger partial charge >= 0.3 is 11.9 Å². The Hall–Kier alpha value is -2.08. The lowest BCUT2D eigenvalue weighted by atomic mass is 10.0. The van der Waals surface area contributed by atoms with Crippen molar-refractivity contribution in [3.63, 3.8) is 0 Å². The van der Waals surface area contributed by atoms with E-state index < -0.39 is 11.9 Å². The highest BCUT2D eigenvalue weighted by Crippen LogP contribution is 2.19. The second kappa shape index (κ2) is 10.7. The van der Waals surface area contributed by atoms with Gasteiger partial charge in [0.15, 0.2) is 0 Å². The first-order chi connectivity index (χ1) is 9.88. The van der Waals surface area contributed by atoms with Gasteiger partial charge < -0.3 is 20.3 Å². The molecule has 21 heavy (non-hydrogen) atoms. The molecule has 6 nitrogen and oxygen atoms in total. The summed E-state index contributed by atoms with van der Waals surface area (Å²) in [6.07, 6.45) is 1.04. The number of carboxylic acid groups (broad SMARTS) is 2. The maximum Gasteiger partial charge on any atom is 0.414 e. The molecule has 0 aliphatic rings. The summed E-state index contributed by atoms with van der Waals surface area (Å²) in [6.45, 7) is 6.17. The van der Waals surface area contributed by atoms with Crippen LogP contribution in [0, 0.1) is 0 Å². The number of nitrogens with one attached hydrogen (secondary N) is 1. The summed E-state index contributed by atoms with van der Waals surface area (Å²) in [5.74, 6) is -2.10. The molecule has 0 fully saturated rings. The van der Waals surface area contributed by atoms with Crippen LogP contribution in [0.2, 0.25) is 0 Å². The predicted molar refractivity (Wildman–Crippen MR) is 79.8 cm³/mol. The molecule has 0 amide bonds. The lowest BCUT2D eigenvalue weighted by molar-refractivity contribution is -0.159. The highest BCUT2D eigenvalue weighted by molar-refractivity contribution is 6.27. The van der Waals surface area contributed by atoms with E-state index in [1.54, 1.807) is 0 Å². The molecule has 0 unspecified atom stereocenters. The number of carboxylic acids is 2. The van der Waals surface area contributed by atoms with Crippen molar-refractivity contribution in [1.82, 2.24) is 5.32 Å². The lowest BCUT2D eigenvalue weighted by Gasteiger charge is -2.09. The Balaban J connectivity index is 0.000000567. The molecular formula is C15H23NO5. The zero-order valence-electron chi connectivity index (χ0n) is 12.6. The smallest absolute Gasteiger partial charge is 0.414 e. The normalized spacial score (nSPS) is 9.71. The van der Waals surface area contributed by atoms with Crippen molar-refractivity contribution >= 4 is 11.9 Å². The first-order valence-corrected chi connectivity index (χ1v) is 6.72. The van der Waals surface area contributed by atoms with E-state index in [9.17, 15) is 0 Å². The molecular weight excluding hydrogens is 274 g/mol. The predicted octanol–water partition coefficient (Wildman–Crippen LogP) is 1.95. The number of ether oxygens (including phenoxy) is 1. The first kappa shape index (κ1) is 18.9. The van der Waals surface area contributed by atoms with Crippen molar-refractivity contribution in [3.8, 4) is 5.75 Å². The highest BCUT2D eigenvalue weighted by Gasteiger charge is 2.04. The SMILES string of the molecule is CNCCCOc1cccc(C(C)C)c1.O=C(O)C(=O)O. The largest absolute Gasteiger partial charge is 0.494 e. The quantitative estimate of drug-likeness (QED) is 0.548. The lowest BCUT2D eigenvalue weighted by Crippen LogP contribution is -2.11. The van der Waals surface area contributed by atoms with Gasteiger partial charge in [-0.05, 0) is 43.6 Å². The van der Waals surface area contributed by atoms with E-state index in [-0.39, 0.29) is 0 Å². The molecule has 0 heterocycles. The summed E-state index contributed by atoms with van der Waals surface area (Å²) in [5, 5.41) is 17.9. The maximum absolute atomic E-state index is 9.10. The molecule has 118 valence electrons. The zero-order valence-corrected chi connectivity index (χ0v) is 12.6. The Morgan fingerprint density at radius 2 is 1.86 bits per heavy atom. The topological polar surface area (TPSA) is 95.9 Å². The minimum absolute atomic E-state index is 0.561. The van der Waals surface area contributed by atoms with Crippen molar-refractivity contribution in [2.24, 2.45) is 0 Å². The van der Waals surface area contributed by atoms with E-state index >= 15 is 0 Å². The van der Waals surface area contributed by atoms with Crippen LogP contribution in [-0.4, -0.2) is 42.4 Å². The number of hydrogen-bond acceptors (Lipinski definition) is 4. The second-order valence-corrected chi connectivity index (χ2v) is 4.64. The summed E-state index contributed by atoms with van der Waals surface area (Å²) in [6, 6.07) is 8.35. The molecule has 1 aromatic carbocycles.